The summed E-state index contributed by atoms with van der Waals surface area (Å²) in [7, 11) is 0. The minimum atomic E-state index is -0.305. The fourth-order valence-electron chi connectivity index (χ4n) is 2.51. The van der Waals surface area contributed by atoms with Crippen molar-refractivity contribution < 1.29 is 9.59 Å². The predicted octanol–water partition coefficient (Wildman–Crippen LogP) is 2.04. The van der Waals surface area contributed by atoms with E-state index in [9.17, 15) is 9.59 Å². The standard InChI is InChI=1S/C14H26N2O2S/c1-4-8-11-14(18)16(9-6-7-10-19-3)12(5-2)13(17)15-11/h11-12H,4-10H2,1-3H3,(H,15,17). The predicted molar refractivity (Wildman–Crippen MR) is 80.2 cm³/mol. The van der Waals surface area contributed by atoms with Gasteiger partial charge in [0.25, 0.3) is 0 Å². The van der Waals surface area contributed by atoms with Gasteiger partial charge in [0.1, 0.15) is 12.1 Å². The first-order chi connectivity index (χ1) is 9.15. The molecule has 0 saturated carbocycles. The fourth-order valence-corrected chi connectivity index (χ4v) is 3.00. The second-order valence-corrected chi connectivity index (χ2v) is 5.99. The van der Waals surface area contributed by atoms with Gasteiger partial charge in [-0.3, -0.25) is 9.59 Å². The molecule has 19 heavy (non-hydrogen) atoms. The first-order valence-electron chi connectivity index (χ1n) is 7.25. The average molecular weight is 286 g/mol. The maximum atomic E-state index is 12.4. The summed E-state index contributed by atoms with van der Waals surface area (Å²) in [6, 6.07) is -0.573. The third-order valence-electron chi connectivity index (χ3n) is 3.54. The highest BCUT2D eigenvalue weighted by atomic mass is 32.2. The number of piperazine rings is 1. The SMILES string of the molecule is CCCC1NC(=O)C(CC)N(CCCCSC)C1=O. The van der Waals surface area contributed by atoms with Gasteiger partial charge in [0.15, 0.2) is 0 Å². The molecule has 1 heterocycles. The van der Waals surface area contributed by atoms with Gasteiger partial charge in [-0.05, 0) is 37.7 Å². The van der Waals surface area contributed by atoms with E-state index in [1.54, 1.807) is 4.90 Å². The molecule has 4 nitrogen and oxygen atoms in total. The first kappa shape index (κ1) is 16.3. The van der Waals surface area contributed by atoms with Crippen LogP contribution in [0, 0.1) is 0 Å². The molecule has 0 spiro atoms. The second kappa shape index (κ2) is 8.46. The Morgan fingerprint density at radius 3 is 2.58 bits per heavy atom. The van der Waals surface area contributed by atoms with Gasteiger partial charge in [0, 0.05) is 6.54 Å². The van der Waals surface area contributed by atoms with Crippen LogP contribution < -0.4 is 5.32 Å². The number of rotatable bonds is 8. The maximum absolute atomic E-state index is 12.4. The lowest BCUT2D eigenvalue weighted by Gasteiger charge is -2.38. The molecule has 0 radical (unpaired) electrons. The van der Waals surface area contributed by atoms with E-state index in [2.05, 4.69) is 11.6 Å². The Kier molecular flexibility index (Phi) is 7.28. The molecule has 0 aromatic heterocycles. The van der Waals surface area contributed by atoms with Crippen molar-refractivity contribution in [3.8, 4) is 0 Å². The summed E-state index contributed by atoms with van der Waals surface area (Å²) in [6.07, 6.45) is 6.51. The Labute approximate surface area is 120 Å². The van der Waals surface area contributed by atoms with Crippen LogP contribution in [-0.4, -0.2) is 47.4 Å². The van der Waals surface area contributed by atoms with Gasteiger partial charge in [0.2, 0.25) is 11.8 Å². The Morgan fingerprint density at radius 2 is 2.00 bits per heavy atom. The highest BCUT2D eigenvalue weighted by molar-refractivity contribution is 7.98. The molecule has 0 aliphatic carbocycles. The Bertz CT molecular complexity index is 310. The van der Waals surface area contributed by atoms with Crippen LogP contribution in [-0.2, 0) is 9.59 Å². The van der Waals surface area contributed by atoms with Crippen molar-refractivity contribution in [2.45, 2.75) is 58.0 Å². The van der Waals surface area contributed by atoms with Gasteiger partial charge in [-0.2, -0.15) is 11.8 Å². The third kappa shape index (κ3) is 4.41. The Hall–Kier alpha value is -0.710. The number of carbonyl (C=O) groups is 2. The zero-order chi connectivity index (χ0) is 14.3. The molecule has 0 bridgehead atoms. The minimum Gasteiger partial charge on any atom is -0.343 e. The van der Waals surface area contributed by atoms with Gasteiger partial charge >= 0.3 is 0 Å². The highest BCUT2D eigenvalue weighted by Gasteiger charge is 2.38. The van der Waals surface area contributed by atoms with Gasteiger partial charge in [-0.1, -0.05) is 20.3 Å². The minimum absolute atomic E-state index is 0.0189. The summed E-state index contributed by atoms with van der Waals surface area (Å²) in [6.45, 7) is 4.71. The van der Waals surface area contributed by atoms with Crippen molar-refractivity contribution in [2.24, 2.45) is 0 Å². The smallest absolute Gasteiger partial charge is 0.245 e. The summed E-state index contributed by atoms with van der Waals surface area (Å²) >= 11 is 1.82. The Morgan fingerprint density at radius 1 is 1.26 bits per heavy atom. The lowest BCUT2D eigenvalue weighted by atomic mass is 10.0. The van der Waals surface area contributed by atoms with E-state index in [1.807, 2.05) is 25.6 Å². The van der Waals surface area contributed by atoms with Crippen molar-refractivity contribution in [3.63, 3.8) is 0 Å². The number of carbonyl (C=O) groups excluding carboxylic acids is 2. The summed E-state index contributed by atoms with van der Waals surface area (Å²) in [4.78, 5) is 26.3. The summed E-state index contributed by atoms with van der Waals surface area (Å²) in [5.41, 5.74) is 0. The molecule has 1 N–H and O–H groups in total. The Balaban J connectivity index is 2.64. The van der Waals surface area contributed by atoms with Crippen LogP contribution in [0.1, 0.15) is 46.0 Å². The number of unbranched alkanes of at least 4 members (excludes halogenated alkanes) is 1. The van der Waals surface area contributed by atoms with Crippen molar-refractivity contribution in [3.05, 3.63) is 0 Å². The lowest BCUT2D eigenvalue weighted by molar-refractivity contribution is -0.149. The van der Waals surface area contributed by atoms with E-state index < -0.39 is 0 Å². The van der Waals surface area contributed by atoms with Crippen molar-refractivity contribution in [1.29, 1.82) is 0 Å². The van der Waals surface area contributed by atoms with E-state index in [1.165, 1.54) is 0 Å². The van der Waals surface area contributed by atoms with E-state index in [0.717, 1.165) is 31.4 Å². The zero-order valence-electron chi connectivity index (χ0n) is 12.3. The first-order valence-corrected chi connectivity index (χ1v) is 8.64. The molecule has 2 unspecified atom stereocenters. The molecule has 0 aromatic rings. The molecule has 1 saturated heterocycles. The largest absolute Gasteiger partial charge is 0.343 e. The summed E-state index contributed by atoms with van der Waals surface area (Å²) in [5, 5.41) is 2.87. The van der Waals surface area contributed by atoms with Crippen LogP contribution in [0.25, 0.3) is 0 Å². The van der Waals surface area contributed by atoms with Crippen LogP contribution in [0.15, 0.2) is 0 Å². The molecular weight excluding hydrogens is 260 g/mol. The quantitative estimate of drug-likeness (QED) is 0.695. The van der Waals surface area contributed by atoms with Crippen molar-refractivity contribution in [2.75, 3.05) is 18.6 Å². The lowest BCUT2D eigenvalue weighted by Crippen LogP contribution is -2.63. The molecule has 1 fully saturated rings. The van der Waals surface area contributed by atoms with Crippen LogP contribution >= 0.6 is 11.8 Å². The van der Waals surface area contributed by atoms with Crippen LogP contribution in [0.3, 0.4) is 0 Å². The molecule has 110 valence electrons. The molecule has 1 aliphatic heterocycles. The van der Waals surface area contributed by atoms with Gasteiger partial charge in [-0.25, -0.2) is 0 Å². The van der Waals surface area contributed by atoms with Gasteiger partial charge in [-0.15, -0.1) is 0 Å². The van der Waals surface area contributed by atoms with Gasteiger partial charge < -0.3 is 10.2 Å². The number of hydrogen-bond acceptors (Lipinski definition) is 3. The third-order valence-corrected chi connectivity index (χ3v) is 4.23. The number of amides is 2. The van der Waals surface area contributed by atoms with E-state index >= 15 is 0 Å². The summed E-state index contributed by atoms with van der Waals surface area (Å²) < 4.78 is 0. The highest BCUT2D eigenvalue weighted by Crippen LogP contribution is 2.17. The molecule has 1 rings (SSSR count). The van der Waals surface area contributed by atoms with E-state index in [0.29, 0.717) is 13.0 Å². The molecule has 2 amide bonds. The molecule has 0 aromatic carbocycles. The monoisotopic (exact) mass is 286 g/mol. The van der Waals surface area contributed by atoms with Gasteiger partial charge in [0.05, 0.1) is 0 Å². The fraction of sp³-hybridized carbons (Fsp3) is 0.857. The normalized spacial score (nSPS) is 23.6. The topological polar surface area (TPSA) is 49.4 Å². The number of nitrogens with zero attached hydrogens (tertiary/aromatic N) is 1. The molecule has 5 heteroatoms. The second-order valence-electron chi connectivity index (χ2n) is 5.01. The average Bonchev–Trinajstić information content (AvgIpc) is 2.40. The molecule has 1 aliphatic rings. The maximum Gasteiger partial charge on any atom is 0.245 e. The van der Waals surface area contributed by atoms with Crippen LogP contribution in [0.5, 0.6) is 0 Å². The molecule has 2 atom stereocenters. The summed E-state index contributed by atoms with van der Waals surface area (Å²) in [5.74, 6) is 1.24. The van der Waals surface area contributed by atoms with Crippen molar-refractivity contribution in [1.82, 2.24) is 10.2 Å². The van der Waals surface area contributed by atoms with E-state index in [4.69, 9.17) is 0 Å². The zero-order valence-corrected chi connectivity index (χ0v) is 13.1. The van der Waals surface area contributed by atoms with Crippen LogP contribution in [0.4, 0.5) is 0 Å². The van der Waals surface area contributed by atoms with E-state index in [-0.39, 0.29) is 23.9 Å². The number of hydrogen-bond donors (Lipinski definition) is 1. The van der Waals surface area contributed by atoms with Crippen molar-refractivity contribution >= 4 is 23.6 Å². The number of nitrogens with one attached hydrogen (secondary N) is 1. The number of thioether (sulfide) groups is 1. The molecular formula is C14H26N2O2S. The van der Waals surface area contributed by atoms with Crippen LogP contribution in [0.2, 0.25) is 0 Å².